The molecule has 0 aromatic carbocycles. The molecule has 136 valence electrons. The molecule has 2 aliphatic rings. The van der Waals surface area contributed by atoms with E-state index in [9.17, 15) is 9.90 Å². The van der Waals surface area contributed by atoms with Crippen LogP contribution in [0, 0.1) is 5.92 Å². The minimum absolute atomic E-state index is 0.00991. The van der Waals surface area contributed by atoms with E-state index in [4.69, 9.17) is 16.3 Å². The van der Waals surface area contributed by atoms with Crippen LogP contribution in [0.1, 0.15) is 69.9 Å². The number of aliphatic carboxylic acids is 1. The van der Waals surface area contributed by atoms with Gasteiger partial charge in [-0.25, -0.2) is 4.79 Å². The number of fused-ring (bicyclic) bond motifs is 1. The molecule has 1 N–H and O–H groups in total. The van der Waals surface area contributed by atoms with Crippen LogP contribution in [0.5, 0.6) is 0 Å². The second-order valence-electron chi connectivity index (χ2n) is 7.17. The molecule has 2 heterocycles. The van der Waals surface area contributed by atoms with E-state index >= 15 is 0 Å². The lowest BCUT2D eigenvalue weighted by Gasteiger charge is -2.21. The van der Waals surface area contributed by atoms with E-state index < -0.39 is 12.1 Å². The van der Waals surface area contributed by atoms with Crippen molar-refractivity contribution in [2.24, 2.45) is 5.92 Å². The van der Waals surface area contributed by atoms with Gasteiger partial charge in [0.2, 0.25) is 0 Å². The van der Waals surface area contributed by atoms with Crippen molar-refractivity contribution in [2.75, 3.05) is 0 Å². The Hall–Kier alpha value is -1.52. The van der Waals surface area contributed by atoms with E-state index in [1.807, 2.05) is 13.1 Å². The highest BCUT2D eigenvalue weighted by Crippen LogP contribution is 2.41. The fourth-order valence-electron chi connectivity index (χ4n) is 3.91. The van der Waals surface area contributed by atoms with Gasteiger partial charge in [-0.3, -0.25) is 0 Å². The normalized spacial score (nSPS) is 34.1. The van der Waals surface area contributed by atoms with Gasteiger partial charge in [-0.05, 0) is 43.2 Å². The van der Waals surface area contributed by atoms with Gasteiger partial charge in [-0.15, -0.1) is 0 Å². The number of aromatic nitrogens is 1. The first-order valence-corrected chi connectivity index (χ1v) is 9.43. The van der Waals surface area contributed by atoms with Crippen molar-refractivity contribution in [1.29, 1.82) is 0 Å². The van der Waals surface area contributed by atoms with E-state index in [0.29, 0.717) is 6.42 Å². The van der Waals surface area contributed by atoms with Crippen LogP contribution in [-0.4, -0.2) is 21.7 Å². The smallest absolute Gasteiger partial charge is 0.333 e. The predicted molar refractivity (Wildman–Crippen MR) is 99.6 cm³/mol. The number of halogens is 1. The molecule has 3 rings (SSSR count). The van der Waals surface area contributed by atoms with Gasteiger partial charge < -0.3 is 14.4 Å². The molecule has 1 aromatic heterocycles. The third-order valence-electron chi connectivity index (χ3n) is 5.36. The SMILES string of the molecule is CC/C1=C(\Cl)c2ccn([C@H]3C[C@@H](C)[C@@H](C(=O)O)O3)c2C(C)C/C=C/C1. The summed E-state index contributed by atoms with van der Waals surface area (Å²) in [6.07, 6.45) is 8.85. The van der Waals surface area contributed by atoms with E-state index in [2.05, 4.69) is 36.6 Å². The number of ether oxygens (including phenoxy) is 1. The molecule has 0 spiro atoms. The first-order chi connectivity index (χ1) is 11.9. The molecule has 1 saturated heterocycles. The molecule has 25 heavy (non-hydrogen) atoms. The predicted octanol–water partition coefficient (Wildman–Crippen LogP) is 5.31. The Morgan fingerprint density at radius 3 is 2.80 bits per heavy atom. The molecule has 5 heteroatoms. The van der Waals surface area contributed by atoms with Crippen LogP contribution in [0.3, 0.4) is 0 Å². The minimum atomic E-state index is -0.885. The molecule has 1 aliphatic carbocycles. The summed E-state index contributed by atoms with van der Waals surface area (Å²) >= 11 is 6.75. The number of rotatable bonds is 3. The van der Waals surface area contributed by atoms with Crippen molar-refractivity contribution in [3.05, 3.63) is 41.2 Å². The topological polar surface area (TPSA) is 51.5 Å². The zero-order chi connectivity index (χ0) is 18.1. The number of allylic oxidation sites excluding steroid dienone is 3. The van der Waals surface area contributed by atoms with E-state index in [0.717, 1.165) is 35.6 Å². The molecule has 1 aliphatic heterocycles. The lowest BCUT2D eigenvalue weighted by Crippen LogP contribution is -2.25. The van der Waals surface area contributed by atoms with Crippen LogP contribution in [0.4, 0.5) is 0 Å². The van der Waals surface area contributed by atoms with Gasteiger partial charge in [0.25, 0.3) is 0 Å². The average Bonchev–Trinajstić information content (AvgIpc) is 3.17. The Morgan fingerprint density at radius 1 is 1.40 bits per heavy atom. The number of hydrogen-bond donors (Lipinski definition) is 1. The highest BCUT2D eigenvalue weighted by atomic mass is 35.5. The molecule has 4 nitrogen and oxygen atoms in total. The molecule has 0 bridgehead atoms. The summed E-state index contributed by atoms with van der Waals surface area (Å²) in [5, 5.41) is 10.2. The summed E-state index contributed by atoms with van der Waals surface area (Å²) in [7, 11) is 0. The van der Waals surface area contributed by atoms with Crippen LogP contribution in [-0.2, 0) is 9.53 Å². The maximum atomic E-state index is 11.4. The van der Waals surface area contributed by atoms with Crippen molar-refractivity contribution in [2.45, 2.75) is 64.7 Å². The van der Waals surface area contributed by atoms with E-state index in [1.54, 1.807) is 0 Å². The Bertz CT molecular complexity index is 719. The van der Waals surface area contributed by atoms with Crippen LogP contribution in [0.25, 0.3) is 5.03 Å². The first-order valence-electron chi connectivity index (χ1n) is 9.05. The van der Waals surface area contributed by atoms with Crippen LogP contribution < -0.4 is 0 Å². The molecule has 0 radical (unpaired) electrons. The van der Waals surface area contributed by atoms with Gasteiger partial charge in [0.1, 0.15) is 6.23 Å². The molecule has 4 atom stereocenters. The van der Waals surface area contributed by atoms with Crippen LogP contribution >= 0.6 is 11.6 Å². The molecule has 1 unspecified atom stereocenters. The Kier molecular flexibility index (Phi) is 5.40. The first kappa shape index (κ1) is 18.3. The van der Waals surface area contributed by atoms with Gasteiger partial charge in [0.05, 0.1) is 0 Å². The highest BCUT2D eigenvalue weighted by Gasteiger charge is 2.39. The number of carbonyl (C=O) groups is 1. The largest absolute Gasteiger partial charge is 0.479 e. The Balaban J connectivity index is 2.03. The molecule has 0 saturated carbocycles. The van der Waals surface area contributed by atoms with Crippen molar-refractivity contribution in [3.63, 3.8) is 0 Å². The standard InChI is InChI=1S/C20H26ClNO3/c1-4-14-8-6-5-7-12(2)18-15(17(14)21)9-10-22(18)16-11-13(3)19(25-16)20(23)24/h5-6,9-10,12-13,16,19H,4,7-8,11H2,1-3H3,(H,23,24)/b6-5+,17-14+/t12?,13-,16-,19+/m1/s1. The van der Waals surface area contributed by atoms with Crippen molar-refractivity contribution in [3.8, 4) is 0 Å². The zero-order valence-electron chi connectivity index (χ0n) is 15.0. The number of hydrogen-bond acceptors (Lipinski definition) is 2. The molecule has 0 amide bonds. The fourth-order valence-corrected chi connectivity index (χ4v) is 4.29. The molecule has 1 fully saturated rings. The van der Waals surface area contributed by atoms with Gasteiger partial charge in [0, 0.05) is 28.4 Å². The average molecular weight is 364 g/mol. The third kappa shape index (κ3) is 3.42. The van der Waals surface area contributed by atoms with Crippen LogP contribution in [0.2, 0.25) is 0 Å². The quantitative estimate of drug-likeness (QED) is 0.740. The monoisotopic (exact) mass is 363 g/mol. The molecule has 1 aromatic rings. The summed E-state index contributed by atoms with van der Waals surface area (Å²) in [4.78, 5) is 11.4. The van der Waals surface area contributed by atoms with Crippen LogP contribution in [0.15, 0.2) is 30.0 Å². The summed E-state index contributed by atoms with van der Waals surface area (Å²) in [6.45, 7) is 6.25. The Morgan fingerprint density at radius 2 is 2.16 bits per heavy atom. The van der Waals surface area contributed by atoms with Crippen molar-refractivity contribution in [1.82, 2.24) is 4.57 Å². The lowest BCUT2D eigenvalue weighted by atomic mass is 9.98. The second-order valence-corrected chi connectivity index (χ2v) is 7.55. The van der Waals surface area contributed by atoms with Crippen molar-refractivity contribution >= 4 is 22.6 Å². The van der Waals surface area contributed by atoms with Gasteiger partial charge in [0.15, 0.2) is 6.10 Å². The fraction of sp³-hybridized carbons (Fsp3) is 0.550. The van der Waals surface area contributed by atoms with Crippen molar-refractivity contribution < 1.29 is 14.6 Å². The maximum Gasteiger partial charge on any atom is 0.333 e. The maximum absolute atomic E-state index is 11.4. The van der Waals surface area contributed by atoms with Gasteiger partial charge in [-0.1, -0.05) is 44.5 Å². The highest BCUT2D eigenvalue weighted by molar-refractivity contribution is 6.49. The van der Waals surface area contributed by atoms with E-state index in [1.165, 1.54) is 5.57 Å². The third-order valence-corrected chi connectivity index (χ3v) is 5.84. The molecular formula is C20H26ClNO3. The number of carboxylic acid groups (broad SMARTS) is 1. The minimum Gasteiger partial charge on any atom is -0.479 e. The summed E-state index contributed by atoms with van der Waals surface area (Å²) in [6, 6.07) is 2.05. The number of carboxylic acids is 1. The summed E-state index contributed by atoms with van der Waals surface area (Å²) < 4.78 is 7.98. The number of nitrogens with zero attached hydrogens (tertiary/aromatic N) is 1. The molecular weight excluding hydrogens is 338 g/mol. The summed E-state index contributed by atoms with van der Waals surface area (Å²) in [5.74, 6) is -0.609. The summed E-state index contributed by atoms with van der Waals surface area (Å²) in [5.41, 5.74) is 3.44. The Labute approximate surface area is 154 Å². The zero-order valence-corrected chi connectivity index (χ0v) is 15.8. The lowest BCUT2D eigenvalue weighted by molar-refractivity contribution is -0.153. The van der Waals surface area contributed by atoms with Gasteiger partial charge >= 0.3 is 5.97 Å². The van der Waals surface area contributed by atoms with E-state index in [-0.39, 0.29) is 18.1 Å². The second kappa shape index (κ2) is 7.38. The van der Waals surface area contributed by atoms with Gasteiger partial charge in [-0.2, -0.15) is 0 Å².